The van der Waals surface area contributed by atoms with Crippen LogP contribution < -0.4 is 5.32 Å². The van der Waals surface area contributed by atoms with Crippen molar-refractivity contribution in [3.05, 3.63) is 52.2 Å². The van der Waals surface area contributed by atoms with Crippen molar-refractivity contribution in [1.29, 1.82) is 0 Å². The molecule has 3 heteroatoms. The van der Waals surface area contributed by atoms with E-state index in [-0.39, 0.29) is 6.04 Å². The fourth-order valence-corrected chi connectivity index (χ4v) is 2.23. The predicted octanol–water partition coefficient (Wildman–Crippen LogP) is 3.30. The number of nitrogens with one attached hydrogen (secondary N) is 1. The zero-order valence-corrected chi connectivity index (χ0v) is 10.00. The van der Waals surface area contributed by atoms with Crippen molar-refractivity contribution < 1.29 is 5.11 Å². The molecule has 2 nitrogen and oxygen atoms in total. The summed E-state index contributed by atoms with van der Waals surface area (Å²) < 4.78 is 0. The van der Waals surface area contributed by atoms with Gasteiger partial charge in [0.2, 0.25) is 0 Å². The molecule has 1 aromatic carbocycles. The van der Waals surface area contributed by atoms with Crippen molar-refractivity contribution in [2.75, 3.05) is 0 Å². The second kappa shape index (κ2) is 5.14. The quantitative estimate of drug-likeness (QED) is 0.849. The highest BCUT2D eigenvalue weighted by molar-refractivity contribution is 7.09. The molecule has 0 saturated carbocycles. The molecular formula is C13H15NOS. The van der Waals surface area contributed by atoms with Crippen LogP contribution in [0.5, 0.6) is 5.75 Å². The smallest absolute Gasteiger partial charge is 0.115 e. The van der Waals surface area contributed by atoms with E-state index in [9.17, 15) is 5.11 Å². The van der Waals surface area contributed by atoms with E-state index in [0.29, 0.717) is 5.75 Å². The summed E-state index contributed by atoms with van der Waals surface area (Å²) in [5.41, 5.74) is 1.11. The molecular weight excluding hydrogens is 218 g/mol. The van der Waals surface area contributed by atoms with Crippen molar-refractivity contribution in [2.45, 2.75) is 19.5 Å². The molecule has 0 radical (unpaired) electrons. The minimum Gasteiger partial charge on any atom is -0.508 e. The summed E-state index contributed by atoms with van der Waals surface area (Å²) >= 11 is 1.75. The summed E-state index contributed by atoms with van der Waals surface area (Å²) in [6, 6.07) is 11.8. The molecule has 0 saturated heterocycles. The van der Waals surface area contributed by atoms with Crippen LogP contribution in [0.2, 0.25) is 0 Å². The Labute approximate surface area is 99.6 Å². The predicted molar refractivity (Wildman–Crippen MR) is 67.7 cm³/mol. The maximum atomic E-state index is 9.39. The van der Waals surface area contributed by atoms with Crippen LogP contribution in [0.4, 0.5) is 0 Å². The van der Waals surface area contributed by atoms with E-state index in [4.69, 9.17) is 0 Å². The molecule has 0 aliphatic carbocycles. The second-order valence-corrected chi connectivity index (χ2v) is 4.81. The van der Waals surface area contributed by atoms with Gasteiger partial charge in [0.1, 0.15) is 5.75 Å². The maximum Gasteiger partial charge on any atom is 0.115 e. The lowest BCUT2D eigenvalue weighted by Gasteiger charge is -2.13. The number of hydrogen-bond acceptors (Lipinski definition) is 3. The molecule has 0 bridgehead atoms. The monoisotopic (exact) mass is 233 g/mol. The van der Waals surface area contributed by atoms with Crippen LogP contribution in [-0.4, -0.2) is 5.11 Å². The number of phenols is 1. The largest absolute Gasteiger partial charge is 0.508 e. The summed E-state index contributed by atoms with van der Waals surface area (Å²) in [4.78, 5) is 1.33. The number of benzene rings is 1. The molecule has 0 aliphatic heterocycles. The first-order chi connectivity index (χ1) is 7.75. The van der Waals surface area contributed by atoms with Crippen LogP contribution in [0.3, 0.4) is 0 Å². The van der Waals surface area contributed by atoms with E-state index in [0.717, 1.165) is 12.1 Å². The third kappa shape index (κ3) is 2.84. The van der Waals surface area contributed by atoms with Gasteiger partial charge in [0.25, 0.3) is 0 Å². The van der Waals surface area contributed by atoms with Gasteiger partial charge >= 0.3 is 0 Å². The lowest BCUT2D eigenvalue weighted by molar-refractivity contribution is 0.472. The van der Waals surface area contributed by atoms with Gasteiger partial charge in [-0.05, 0) is 36.1 Å². The number of rotatable bonds is 4. The topological polar surface area (TPSA) is 32.3 Å². The van der Waals surface area contributed by atoms with Crippen LogP contribution >= 0.6 is 11.3 Å². The molecule has 2 rings (SSSR count). The SMILES string of the molecule is CC(NCc1cccs1)c1cccc(O)c1. The molecule has 84 valence electrons. The van der Waals surface area contributed by atoms with E-state index in [1.807, 2.05) is 12.1 Å². The number of hydrogen-bond donors (Lipinski definition) is 2. The minimum absolute atomic E-state index is 0.245. The van der Waals surface area contributed by atoms with Crippen LogP contribution in [0.25, 0.3) is 0 Å². The van der Waals surface area contributed by atoms with Gasteiger partial charge in [-0.3, -0.25) is 0 Å². The Morgan fingerprint density at radius 1 is 1.31 bits per heavy atom. The summed E-state index contributed by atoms with van der Waals surface area (Å²) in [7, 11) is 0. The Hall–Kier alpha value is -1.32. The highest BCUT2D eigenvalue weighted by atomic mass is 32.1. The van der Waals surface area contributed by atoms with Crippen LogP contribution in [0.15, 0.2) is 41.8 Å². The summed E-state index contributed by atoms with van der Waals surface area (Å²) in [6.07, 6.45) is 0. The average molecular weight is 233 g/mol. The van der Waals surface area contributed by atoms with Gasteiger partial charge in [-0.15, -0.1) is 11.3 Å². The molecule has 0 fully saturated rings. The third-order valence-electron chi connectivity index (χ3n) is 2.53. The van der Waals surface area contributed by atoms with Gasteiger partial charge in [0.05, 0.1) is 0 Å². The number of thiophene rings is 1. The lowest BCUT2D eigenvalue weighted by Crippen LogP contribution is -2.17. The van der Waals surface area contributed by atoms with Crippen LogP contribution in [0, 0.1) is 0 Å². The Morgan fingerprint density at radius 2 is 2.19 bits per heavy atom. The Morgan fingerprint density at radius 3 is 2.88 bits per heavy atom. The van der Waals surface area contributed by atoms with Gasteiger partial charge in [0.15, 0.2) is 0 Å². The molecule has 1 aromatic heterocycles. The maximum absolute atomic E-state index is 9.39. The number of phenolic OH excluding ortho intramolecular Hbond substituents is 1. The van der Waals surface area contributed by atoms with E-state index in [1.165, 1.54) is 4.88 Å². The lowest BCUT2D eigenvalue weighted by atomic mass is 10.1. The first-order valence-electron chi connectivity index (χ1n) is 5.30. The molecule has 1 heterocycles. The molecule has 1 unspecified atom stereocenters. The summed E-state index contributed by atoms with van der Waals surface area (Å²) in [6.45, 7) is 2.97. The van der Waals surface area contributed by atoms with E-state index in [2.05, 4.69) is 29.8 Å². The first kappa shape index (κ1) is 11.2. The summed E-state index contributed by atoms with van der Waals surface area (Å²) in [5.74, 6) is 0.322. The molecule has 1 atom stereocenters. The molecule has 2 aromatic rings. The van der Waals surface area contributed by atoms with Crippen molar-refractivity contribution in [3.8, 4) is 5.75 Å². The fraction of sp³-hybridized carbons (Fsp3) is 0.231. The summed E-state index contributed by atoms with van der Waals surface area (Å²) in [5, 5.41) is 14.9. The zero-order valence-electron chi connectivity index (χ0n) is 9.18. The fourth-order valence-electron chi connectivity index (χ4n) is 1.58. The standard InChI is InChI=1S/C13H15NOS/c1-10(11-4-2-5-12(15)8-11)14-9-13-6-3-7-16-13/h2-8,10,14-15H,9H2,1H3. The van der Waals surface area contributed by atoms with Gasteiger partial charge in [-0.25, -0.2) is 0 Å². The Bertz CT molecular complexity index is 439. The van der Waals surface area contributed by atoms with Crippen LogP contribution in [-0.2, 0) is 6.54 Å². The highest BCUT2D eigenvalue weighted by Gasteiger charge is 2.05. The number of aromatic hydroxyl groups is 1. The molecule has 2 N–H and O–H groups in total. The molecule has 0 aliphatic rings. The van der Waals surface area contributed by atoms with Crippen molar-refractivity contribution in [2.24, 2.45) is 0 Å². The first-order valence-corrected chi connectivity index (χ1v) is 6.18. The Balaban J connectivity index is 1.95. The van der Waals surface area contributed by atoms with Gasteiger partial charge < -0.3 is 10.4 Å². The molecule has 16 heavy (non-hydrogen) atoms. The van der Waals surface area contributed by atoms with Crippen molar-refractivity contribution in [3.63, 3.8) is 0 Å². The second-order valence-electron chi connectivity index (χ2n) is 3.78. The van der Waals surface area contributed by atoms with Gasteiger partial charge in [-0.2, -0.15) is 0 Å². The molecule has 0 amide bonds. The normalized spacial score (nSPS) is 12.6. The van der Waals surface area contributed by atoms with E-state index in [1.54, 1.807) is 23.5 Å². The van der Waals surface area contributed by atoms with Gasteiger partial charge in [-0.1, -0.05) is 18.2 Å². The van der Waals surface area contributed by atoms with E-state index >= 15 is 0 Å². The average Bonchev–Trinajstić information content (AvgIpc) is 2.78. The highest BCUT2D eigenvalue weighted by Crippen LogP contribution is 2.18. The van der Waals surface area contributed by atoms with E-state index < -0.39 is 0 Å². The Kier molecular flexibility index (Phi) is 3.59. The molecule has 0 spiro atoms. The minimum atomic E-state index is 0.245. The van der Waals surface area contributed by atoms with Gasteiger partial charge in [0, 0.05) is 17.5 Å². The zero-order chi connectivity index (χ0) is 11.4. The van der Waals surface area contributed by atoms with Crippen molar-refractivity contribution in [1.82, 2.24) is 5.32 Å². The van der Waals surface area contributed by atoms with Crippen LogP contribution in [0.1, 0.15) is 23.4 Å². The third-order valence-corrected chi connectivity index (χ3v) is 3.41. The van der Waals surface area contributed by atoms with Crippen molar-refractivity contribution >= 4 is 11.3 Å².